The van der Waals surface area contributed by atoms with Gasteiger partial charge in [0.15, 0.2) is 0 Å². The highest BCUT2D eigenvalue weighted by atomic mass is 32.2. The summed E-state index contributed by atoms with van der Waals surface area (Å²) < 4.78 is 36.5. The number of nitrogens with two attached hydrogens (primary N) is 1. The molecule has 0 unspecified atom stereocenters. The number of ether oxygens (including phenoxy) is 2. The number of benzene rings is 1. The standard InChI is InChI=1S/C17H21F2N3O3S/c1-17(2,3)25-14(23)9-22-8-12(20)15(21-22)11-7-10(26-4)5-6-13(11)24-16(18)19/h5-8,16H,9,20H2,1-4H3. The number of alkyl halides is 2. The molecule has 0 spiro atoms. The second-order valence-electron chi connectivity index (χ2n) is 6.46. The molecule has 2 rings (SSSR count). The number of halogens is 2. The van der Waals surface area contributed by atoms with E-state index in [1.807, 2.05) is 6.26 Å². The molecule has 2 N–H and O–H groups in total. The van der Waals surface area contributed by atoms with E-state index in [1.165, 1.54) is 28.7 Å². The molecule has 0 aliphatic carbocycles. The van der Waals surface area contributed by atoms with Crippen LogP contribution in [0.1, 0.15) is 20.8 Å². The predicted molar refractivity (Wildman–Crippen MR) is 96.3 cm³/mol. The van der Waals surface area contributed by atoms with E-state index in [-0.39, 0.29) is 23.7 Å². The highest BCUT2D eigenvalue weighted by Crippen LogP contribution is 2.36. The Labute approximate surface area is 154 Å². The van der Waals surface area contributed by atoms with Crippen molar-refractivity contribution in [2.24, 2.45) is 0 Å². The van der Waals surface area contributed by atoms with Crippen molar-refractivity contribution in [2.45, 2.75) is 44.4 Å². The Morgan fingerprint density at radius 3 is 2.65 bits per heavy atom. The molecule has 0 saturated carbocycles. The van der Waals surface area contributed by atoms with Gasteiger partial charge in [0.05, 0.1) is 5.69 Å². The molecule has 142 valence electrons. The lowest BCUT2D eigenvalue weighted by Gasteiger charge is -2.19. The Hall–Kier alpha value is -2.29. The smallest absolute Gasteiger partial charge is 0.387 e. The minimum Gasteiger partial charge on any atom is -0.459 e. The number of carbonyl (C=O) groups excluding carboxylic acids is 1. The molecule has 0 radical (unpaired) electrons. The fourth-order valence-electron chi connectivity index (χ4n) is 2.25. The van der Waals surface area contributed by atoms with Gasteiger partial charge >= 0.3 is 12.6 Å². The Balaban J connectivity index is 2.34. The van der Waals surface area contributed by atoms with Crippen LogP contribution in [-0.4, -0.2) is 34.2 Å². The summed E-state index contributed by atoms with van der Waals surface area (Å²) in [6.45, 7) is 2.16. The number of nitrogen functional groups attached to an aromatic ring is 1. The summed E-state index contributed by atoms with van der Waals surface area (Å²) in [6, 6.07) is 4.78. The number of nitrogens with zero attached hydrogens (tertiary/aromatic N) is 2. The van der Waals surface area contributed by atoms with E-state index in [2.05, 4.69) is 9.84 Å². The molecule has 9 heteroatoms. The third-order valence-corrected chi connectivity index (χ3v) is 3.88. The van der Waals surface area contributed by atoms with Gasteiger partial charge in [-0.2, -0.15) is 13.9 Å². The molecule has 1 aromatic heterocycles. The SMILES string of the molecule is CSc1ccc(OC(F)F)c(-c2nn(CC(=O)OC(C)(C)C)cc2N)c1. The predicted octanol–water partition coefficient (Wildman–Crippen LogP) is 3.80. The first-order valence-corrected chi connectivity index (χ1v) is 8.99. The number of hydrogen-bond acceptors (Lipinski definition) is 6. The highest BCUT2D eigenvalue weighted by molar-refractivity contribution is 7.98. The highest BCUT2D eigenvalue weighted by Gasteiger charge is 2.20. The maximum Gasteiger partial charge on any atom is 0.387 e. The molecule has 1 aromatic carbocycles. The minimum absolute atomic E-state index is 0.0352. The molecule has 0 aliphatic heterocycles. The lowest BCUT2D eigenvalue weighted by molar-refractivity contribution is -0.155. The summed E-state index contributed by atoms with van der Waals surface area (Å²) in [5.74, 6) is -0.513. The second-order valence-corrected chi connectivity index (χ2v) is 7.34. The van der Waals surface area contributed by atoms with Gasteiger partial charge in [0, 0.05) is 16.7 Å². The molecule has 0 atom stereocenters. The lowest BCUT2D eigenvalue weighted by atomic mass is 10.1. The molecule has 6 nitrogen and oxygen atoms in total. The van der Waals surface area contributed by atoms with Crippen LogP contribution in [0.3, 0.4) is 0 Å². The Bertz CT molecular complexity index is 788. The van der Waals surface area contributed by atoms with Gasteiger partial charge in [0.25, 0.3) is 0 Å². The fourth-order valence-corrected chi connectivity index (χ4v) is 2.69. The van der Waals surface area contributed by atoms with Crippen molar-refractivity contribution in [3.63, 3.8) is 0 Å². The van der Waals surface area contributed by atoms with Crippen molar-refractivity contribution in [1.82, 2.24) is 9.78 Å². The zero-order valence-corrected chi connectivity index (χ0v) is 15.8. The van der Waals surface area contributed by atoms with E-state index < -0.39 is 18.2 Å². The lowest BCUT2D eigenvalue weighted by Crippen LogP contribution is -2.26. The number of carbonyl (C=O) groups is 1. The fraction of sp³-hybridized carbons (Fsp3) is 0.412. The summed E-state index contributed by atoms with van der Waals surface area (Å²) in [5, 5.41) is 4.25. The van der Waals surface area contributed by atoms with Gasteiger partial charge in [-0.1, -0.05) is 0 Å². The van der Waals surface area contributed by atoms with Crippen LogP contribution in [0.2, 0.25) is 0 Å². The number of esters is 1. The van der Waals surface area contributed by atoms with Crippen molar-refractivity contribution in [1.29, 1.82) is 0 Å². The molecule has 0 amide bonds. The van der Waals surface area contributed by atoms with Crippen molar-refractivity contribution in [2.75, 3.05) is 12.0 Å². The molecule has 0 fully saturated rings. The molecular formula is C17H21F2N3O3S. The summed E-state index contributed by atoms with van der Waals surface area (Å²) in [5.41, 5.74) is 6.20. The van der Waals surface area contributed by atoms with Crippen LogP contribution in [-0.2, 0) is 16.1 Å². The molecule has 0 aliphatic rings. The van der Waals surface area contributed by atoms with Crippen LogP contribution in [0.15, 0.2) is 29.3 Å². The van der Waals surface area contributed by atoms with Gasteiger partial charge < -0.3 is 15.2 Å². The Kier molecular flexibility index (Phi) is 6.12. The average molecular weight is 385 g/mol. The zero-order chi connectivity index (χ0) is 19.5. The van der Waals surface area contributed by atoms with Crippen LogP contribution < -0.4 is 10.5 Å². The summed E-state index contributed by atoms with van der Waals surface area (Å²) >= 11 is 1.44. The normalized spacial score (nSPS) is 11.7. The van der Waals surface area contributed by atoms with Crippen molar-refractivity contribution >= 4 is 23.4 Å². The molecule has 1 heterocycles. The van der Waals surface area contributed by atoms with E-state index in [1.54, 1.807) is 32.9 Å². The van der Waals surface area contributed by atoms with Crippen molar-refractivity contribution in [3.05, 3.63) is 24.4 Å². The van der Waals surface area contributed by atoms with E-state index >= 15 is 0 Å². The second kappa shape index (κ2) is 7.94. The Morgan fingerprint density at radius 2 is 2.08 bits per heavy atom. The van der Waals surface area contributed by atoms with Gasteiger partial charge in [-0.05, 0) is 45.2 Å². The summed E-state index contributed by atoms with van der Waals surface area (Å²) in [6.07, 6.45) is 3.31. The largest absolute Gasteiger partial charge is 0.459 e. The van der Waals surface area contributed by atoms with E-state index in [4.69, 9.17) is 10.5 Å². The Morgan fingerprint density at radius 1 is 1.38 bits per heavy atom. The van der Waals surface area contributed by atoms with Crippen LogP contribution >= 0.6 is 11.8 Å². The number of aromatic nitrogens is 2. The van der Waals surface area contributed by atoms with Crippen molar-refractivity contribution in [3.8, 4) is 17.0 Å². The number of rotatable bonds is 6. The molecular weight excluding hydrogens is 364 g/mol. The van der Waals surface area contributed by atoms with Gasteiger partial charge in [-0.15, -0.1) is 11.8 Å². The molecule has 0 bridgehead atoms. The monoisotopic (exact) mass is 385 g/mol. The zero-order valence-electron chi connectivity index (χ0n) is 15.0. The van der Waals surface area contributed by atoms with Gasteiger partial charge in [-0.3, -0.25) is 9.48 Å². The molecule has 2 aromatic rings. The first-order valence-electron chi connectivity index (χ1n) is 7.77. The van der Waals surface area contributed by atoms with Gasteiger partial charge in [0.1, 0.15) is 23.6 Å². The van der Waals surface area contributed by atoms with Crippen LogP contribution in [0.5, 0.6) is 5.75 Å². The summed E-state index contributed by atoms with van der Waals surface area (Å²) in [4.78, 5) is 12.8. The first-order chi connectivity index (χ1) is 12.1. The topological polar surface area (TPSA) is 79.4 Å². The number of thioether (sulfide) groups is 1. The maximum absolute atomic E-state index is 12.7. The molecule has 26 heavy (non-hydrogen) atoms. The van der Waals surface area contributed by atoms with Crippen LogP contribution in [0.25, 0.3) is 11.3 Å². The maximum atomic E-state index is 12.7. The average Bonchev–Trinajstić information content (AvgIpc) is 2.85. The first kappa shape index (κ1) is 20.0. The minimum atomic E-state index is -2.97. The molecule has 0 saturated heterocycles. The number of hydrogen-bond donors (Lipinski definition) is 1. The van der Waals surface area contributed by atoms with Crippen molar-refractivity contribution < 1.29 is 23.0 Å². The third kappa shape index (κ3) is 5.35. The van der Waals surface area contributed by atoms with Crippen LogP contribution in [0.4, 0.5) is 14.5 Å². The quantitative estimate of drug-likeness (QED) is 0.602. The van der Waals surface area contributed by atoms with Crippen LogP contribution in [0, 0.1) is 0 Å². The van der Waals surface area contributed by atoms with E-state index in [9.17, 15) is 13.6 Å². The number of anilines is 1. The van der Waals surface area contributed by atoms with E-state index in [0.29, 0.717) is 5.56 Å². The third-order valence-electron chi connectivity index (χ3n) is 3.16. The summed E-state index contributed by atoms with van der Waals surface area (Å²) in [7, 11) is 0. The van der Waals surface area contributed by atoms with Gasteiger partial charge in [-0.25, -0.2) is 0 Å². The van der Waals surface area contributed by atoms with E-state index in [0.717, 1.165) is 4.90 Å². The van der Waals surface area contributed by atoms with Gasteiger partial charge in [0.2, 0.25) is 0 Å².